The van der Waals surface area contributed by atoms with Crippen LogP contribution >= 0.6 is 0 Å². The van der Waals surface area contributed by atoms with Crippen LogP contribution in [0.25, 0.3) is 0 Å². The maximum atomic E-state index is 11.9. The molecule has 1 rings (SSSR count). The number of hydrogen-bond donors (Lipinski definition) is 1. The summed E-state index contributed by atoms with van der Waals surface area (Å²) in [5, 5.41) is 3.38. The molecule has 0 aromatic heterocycles. The third-order valence-electron chi connectivity index (χ3n) is 2.33. The summed E-state index contributed by atoms with van der Waals surface area (Å²) in [6, 6.07) is 7.95. The Kier molecular flexibility index (Phi) is 6.63. The molecule has 96 valence electrons. The Balaban J connectivity index is 2.37. The Bertz CT molecular complexity index is 315. The van der Waals surface area contributed by atoms with Crippen LogP contribution in [0.5, 0.6) is 5.75 Å². The van der Waals surface area contributed by atoms with Crippen molar-refractivity contribution in [3.05, 3.63) is 29.8 Å². The second-order valence-electron chi connectivity index (χ2n) is 4.56. The van der Waals surface area contributed by atoms with Crippen LogP contribution in [0.1, 0.15) is 25.8 Å². The van der Waals surface area contributed by atoms with Crippen molar-refractivity contribution in [2.75, 3.05) is 19.8 Å². The first kappa shape index (κ1) is 14.0. The van der Waals surface area contributed by atoms with Crippen molar-refractivity contribution >= 4 is 0 Å². The molecule has 0 radical (unpaired) electrons. The molecule has 1 aromatic rings. The van der Waals surface area contributed by atoms with Gasteiger partial charge in [0.25, 0.3) is 0 Å². The van der Waals surface area contributed by atoms with Crippen LogP contribution in [-0.4, -0.2) is 19.8 Å². The molecule has 0 aliphatic rings. The summed E-state index contributed by atoms with van der Waals surface area (Å²) < 4.78 is 17.4. The van der Waals surface area contributed by atoms with Crippen LogP contribution in [0.2, 0.25) is 0 Å². The van der Waals surface area contributed by atoms with Crippen molar-refractivity contribution in [2.45, 2.75) is 26.8 Å². The predicted molar refractivity (Wildman–Crippen MR) is 69.1 cm³/mol. The molecular formula is C14H22FNO. The van der Waals surface area contributed by atoms with Gasteiger partial charge in [0.05, 0.1) is 13.3 Å². The lowest BCUT2D eigenvalue weighted by atomic mass is 10.2. The van der Waals surface area contributed by atoms with E-state index in [1.54, 1.807) is 0 Å². The van der Waals surface area contributed by atoms with E-state index in [-0.39, 0.29) is 6.67 Å². The van der Waals surface area contributed by atoms with E-state index >= 15 is 0 Å². The van der Waals surface area contributed by atoms with Crippen LogP contribution in [-0.2, 0) is 6.54 Å². The number of halogens is 1. The van der Waals surface area contributed by atoms with Gasteiger partial charge in [-0.25, -0.2) is 0 Å². The fourth-order valence-corrected chi connectivity index (χ4v) is 1.49. The van der Waals surface area contributed by atoms with E-state index in [0.717, 1.165) is 18.8 Å². The number of nitrogens with one attached hydrogen (secondary N) is 1. The monoisotopic (exact) mass is 239 g/mol. The SMILES string of the molecule is CC(C)CNCc1cccc(OCCCF)c1. The summed E-state index contributed by atoms with van der Waals surface area (Å²) in [4.78, 5) is 0. The van der Waals surface area contributed by atoms with E-state index in [9.17, 15) is 4.39 Å². The van der Waals surface area contributed by atoms with Crippen LogP contribution in [0.4, 0.5) is 4.39 Å². The first-order chi connectivity index (χ1) is 8.22. The molecule has 0 saturated carbocycles. The fraction of sp³-hybridized carbons (Fsp3) is 0.571. The summed E-state index contributed by atoms with van der Waals surface area (Å²) in [5.41, 5.74) is 1.20. The lowest BCUT2D eigenvalue weighted by Gasteiger charge is -2.09. The third kappa shape index (κ3) is 6.27. The standard InChI is InChI=1S/C14H22FNO/c1-12(2)10-16-11-13-5-3-6-14(9-13)17-8-4-7-15/h3,5-6,9,12,16H,4,7-8,10-11H2,1-2H3. The maximum Gasteiger partial charge on any atom is 0.119 e. The smallest absolute Gasteiger partial charge is 0.119 e. The lowest BCUT2D eigenvalue weighted by Crippen LogP contribution is -2.18. The van der Waals surface area contributed by atoms with Gasteiger partial charge in [-0.3, -0.25) is 4.39 Å². The van der Waals surface area contributed by atoms with Gasteiger partial charge in [-0.1, -0.05) is 26.0 Å². The average molecular weight is 239 g/mol. The van der Waals surface area contributed by atoms with E-state index in [1.807, 2.05) is 18.2 Å². The van der Waals surface area contributed by atoms with E-state index in [1.165, 1.54) is 5.56 Å². The minimum Gasteiger partial charge on any atom is -0.493 e. The van der Waals surface area contributed by atoms with Crippen molar-refractivity contribution in [3.8, 4) is 5.75 Å². The summed E-state index contributed by atoms with van der Waals surface area (Å²) in [6.07, 6.45) is 0.454. The quantitative estimate of drug-likeness (QED) is 0.704. The molecule has 0 amide bonds. The summed E-state index contributed by atoms with van der Waals surface area (Å²) in [6.45, 7) is 6.34. The summed E-state index contributed by atoms with van der Waals surface area (Å²) in [7, 11) is 0. The molecule has 0 spiro atoms. The molecular weight excluding hydrogens is 217 g/mol. The molecule has 0 saturated heterocycles. The number of benzene rings is 1. The molecule has 1 N–H and O–H groups in total. The Morgan fingerprint density at radius 2 is 2.18 bits per heavy atom. The van der Waals surface area contributed by atoms with Crippen LogP contribution < -0.4 is 10.1 Å². The second kappa shape index (κ2) is 8.07. The molecule has 0 aliphatic carbocycles. The van der Waals surface area contributed by atoms with Crippen molar-refractivity contribution in [2.24, 2.45) is 5.92 Å². The molecule has 0 aliphatic heterocycles. The first-order valence-electron chi connectivity index (χ1n) is 6.21. The van der Waals surface area contributed by atoms with Gasteiger partial charge < -0.3 is 10.1 Å². The molecule has 17 heavy (non-hydrogen) atoms. The molecule has 2 nitrogen and oxygen atoms in total. The largest absolute Gasteiger partial charge is 0.493 e. The maximum absolute atomic E-state index is 11.9. The van der Waals surface area contributed by atoms with E-state index in [0.29, 0.717) is 18.9 Å². The zero-order valence-electron chi connectivity index (χ0n) is 10.7. The fourth-order valence-electron chi connectivity index (χ4n) is 1.49. The van der Waals surface area contributed by atoms with Crippen molar-refractivity contribution in [3.63, 3.8) is 0 Å². The molecule has 0 atom stereocenters. The number of ether oxygens (including phenoxy) is 1. The first-order valence-corrected chi connectivity index (χ1v) is 6.21. The molecule has 0 heterocycles. The van der Waals surface area contributed by atoms with Gasteiger partial charge in [0.15, 0.2) is 0 Å². The highest BCUT2D eigenvalue weighted by molar-refractivity contribution is 5.28. The molecule has 0 fully saturated rings. The van der Waals surface area contributed by atoms with Gasteiger partial charge in [-0.15, -0.1) is 0 Å². The molecule has 3 heteroatoms. The second-order valence-corrected chi connectivity index (χ2v) is 4.56. The topological polar surface area (TPSA) is 21.3 Å². The molecule has 0 unspecified atom stereocenters. The molecule has 1 aromatic carbocycles. The highest BCUT2D eigenvalue weighted by Crippen LogP contribution is 2.13. The number of rotatable bonds is 8. The minimum atomic E-state index is -0.324. The van der Waals surface area contributed by atoms with Crippen LogP contribution in [0.3, 0.4) is 0 Å². The normalized spacial score (nSPS) is 10.8. The van der Waals surface area contributed by atoms with Gasteiger partial charge in [-0.2, -0.15) is 0 Å². The van der Waals surface area contributed by atoms with Crippen molar-refractivity contribution < 1.29 is 9.13 Å². The Hall–Kier alpha value is -1.09. The van der Waals surface area contributed by atoms with Gasteiger partial charge in [0, 0.05) is 13.0 Å². The Labute approximate surface area is 103 Å². The Morgan fingerprint density at radius 1 is 1.35 bits per heavy atom. The van der Waals surface area contributed by atoms with E-state index < -0.39 is 0 Å². The molecule has 0 bridgehead atoms. The average Bonchev–Trinajstić information content (AvgIpc) is 2.29. The van der Waals surface area contributed by atoms with Crippen molar-refractivity contribution in [1.82, 2.24) is 5.32 Å². The van der Waals surface area contributed by atoms with Gasteiger partial charge in [-0.05, 0) is 30.2 Å². The summed E-state index contributed by atoms with van der Waals surface area (Å²) >= 11 is 0. The highest BCUT2D eigenvalue weighted by atomic mass is 19.1. The van der Waals surface area contributed by atoms with Gasteiger partial charge in [0.2, 0.25) is 0 Å². The lowest BCUT2D eigenvalue weighted by molar-refractivity contribution is 0.289. The Morgan fingerprint density at radius 3 is 2.88 bits per heavy atom. The zero-order chi connectivity index (χ0) is 12.5. The van der Waals surface area contributed by atoms with Crippen LogP contribution in [0, 0.1) is 5.92 Å². The van der Waals surface area contributed by atoms with Crippen molar-refractivity contribution in [1.29, 1.82) is 0 Å². The van der Waals surface area contributed by atoms with E-state index in [4.69, 9.17) is 4.74 Å². The predicted octanol–water partition coefficient (Wildman–Crippen LogP) is 3.17. The van der Waals surface area contributed by atoms with Gasteiger partial charge in [0.1, 0.15) is 5.75 Å². The number of alkyl halides is 1. The number of hydrogen-bond acceptors (Lipinski definition) is 2. The van der Waals surface area contributed by atoms with Crippen LogP contribution in [0.15, 0.2) is 24.3 Å². The third-order valence-corrected chi connectivity index (χ3v) is 2.33. The zero-order valence-corrected chi connectivity index (χ0v) is 10.7. The summed E-state index contributed by atoms with van der Waals surface area (Å²) in [5.74, 6) is 1.47. The van der Waals surface area contributed by atoms with E-state index in [2.05, 4.69) is 25.2 Å². The highest BCUT2D eigenvalue weighted by Gasteiger charge is 1.98. The van der Waals surface area contributed by atoms with Gasteiger partial charge >= 0.3 is 0 Å². The minimum absolute atomic E-state index is 0.324.